The molecule has 14 heavy (non-hydrogen) atoms. The van der Waals surface area contributed by atoms with Gasteiger partial charge in [0.1, 0.15) is 0 Å². The number of amides is 2. The molecule has 5 nitrogen and oxygen atoms in total. The van der Waals surface area contributed by atoms with Gasteiger partial charge in [-0.15, -0.1) is 0 Å². The van der Waals surface area contributed by atoms with Crippen LogP contribution in [0.25, 0.3) is 0 Å². The van der Waals surface area contributed by atoms with Gasteiger partial charge >= 0.3 is 0 Å². The van der Waals surface area contributed by atoms with E-state index < -0.39 is 0 Å². The van der Waals surface area contributed by atoms with Gasteiger partial charge < -0.3 is 5.32 Å². The van der Waals surface area contributed by atoms with Crippen LogP contribution in [0, 0.1) is 0 Å². The first-order chi connectivity index (χ1) is 6.66. The molecular formula is C9H19N3O2. The Labute approximate surface area is 84.6 Å². The smallest absolute Gasteiger partial charge is 0.234 e. The van der Waals surface area contributed by atoms with Gasteiger partial charge in [-0.25, -0.2) is 5.43 Å². The molecule has 0 radical (unpaired) electrons. The molecule has 3 N–H and O–H groups in total. The molecule has 0 unspecified atom stereocenters. The molecule has 0 saturated heterocycles. The molecule has 5 heteroatoms. The second kappa shape index (κ2) is 8.50. The van der Waals surface area contributed by atoms with E-state index in [4.69, 9.17) is 0 Å². The van der Waals surface area contributed by atoms with E-state index in [9.17, 15) is 9.59 Å². The molecule has 0 aromatic heterocycles. The maximum absolute atomic E-state index is 10.9. The number of hydrazine groups is 1. The molecule has 0 heterocycles. The molecule has 0 aromatic rings. The normalized spacial score (nSPS) is 9.57. The number of carbonyl (C=O) groups is 2. The fraction of sp³-hybridized carbons (Fsp3) is 0.778. The van der Waals surface area contributed by atoms with E-state index in [1.54, 1.807) is 7.05 Å². The lowest BCUT2D eigenvalue weighted by atomic mass is 10.2. The van der Waals surface area contributed by atoms with E-state index in [2.05, 4.69) is 16.2 Å². The van der Waals surface area contributed by atoms with Crippen molar-refractivity contribution in [3.8, 4) is 0 Å². The Balaban J connectivity index is 3.13. The number of hydrogen-bond donors (Lipinski definition) is 3. The first kappa shape index (κ1) is 12.9. The molecule has 2 amide bonds. The highest BCUT2D eigenvalue weighted by Crippen LogP contribution is 1.98. The van der Waals surface area contributed by atoms with Crippen molar-refractivity contribution in [2.24, 2.45) is 0 Å². The minimum atomic E-state index is -0.00192. The number of hydrogen-bond acceptors (Lipinski definition) is 3. The summed E-state index contributed by atoms with van der Waals surface area (Å²) in [5.74, 6) is 0.00459. The third-order valence-electron chi connectivity index (χ3n) is 1.72. The molecule has 0 spiro atoms. The Morgan fingerprint density at radius 1 is 1.14 bits per heavy atom. The summed E-state index contributed by atoms with van der Waals surface area (Å²) in [4.78, 5) is 21.4. The van der Waals surface area contributed by atoms with Crippen LogP contribution in [0.5, 0.6) is 0 Å². The predicted molar refractivity (Wildman–Crippen MR) is 54.4 cm³/mol. The SMILES string of the molecule is CNNC(=O)CCCCCNC(C)=O. The summed E-state index contributed by atoms with van der Waals surface area (Å²) in [5, 5.41) is 2.71. The molecule has 0 atom stereocenters. The summed E-state index contributed by atoms with van der Waals surface area (Å²) in [7, 11) is 1.66. The maximum atomic E-state index is 10.9. The number of rotatable bonds is 7. The van der Waals surface area contributed by atoms with Crippen LogP contribution in [0.1, 0.15) is 32.6 Å². The fourth-order valence-corrected chi connectivity index (χ4v) is 1.05. The minimum absolute atomic E-state index is 0.00192. The van der Waals surface area contributed by atoms with Gasteiger partial charge in [-0.1, -0.05) is 6.42 Å². The second-order valence-electron chi connectivity index (χ2n) is 3.09. The van der Waals surface area contributed by atoms with Gasteiger partial charge in [0.05, 0.1) is 0 Å². The number of unbranched alkanes of at least 4 members (excludes halogenated alkanes) is 2. The Morgan fingerprint density at radius 3 is 2.43 bits per heavy atom. The average molecular weight is 201 g/mol. The summed E-state index contributed by atoms with van der Waals surface area (Å²) in [6.07, 6.45) is 3.26. The molecule has 0 fully saturated rings. The van der Waals surface area contributed by atoms with Crippen molar-refractivity contribution in [1.82, 2.24) is 16.2 Å². The standard InChI is InChI=1S/C9H19N3O2/c1-8(13)11-7-5-3-4-6-9(14)12-10-2/h10H,3-7H2,1-2H3,(H,11,13)(H,12,14). The second-order valence-corrected chi connectivity index (χ2v) is 3.09. The van der Waals surface area contributed by atoms with Crippen molar-refractivity contribution >= 4 is 11.8 Å². The molecule has 0 aliphatic rings. The van der Waals surface area contributed by atoms with Gasteiger partial charge in [0, 0.05) is 26.9 Å². The van der Waals surface area contributed by atoms with Crippen molar-refractivity contribution in [2.45, 2.75) is 32.6 Å². The van der Waals surface area contributed by atoms with Crippen LogP contribution in [0.4, 0.5) is 0 Å². The van der Waals surface area contributed by atoms with Gasteiger partial charge in [0.15, 0.2) is 0 Å². The van der Waals surface area contributed by atoms with Crippen LogP contribution in [-0.4, -0.2) is 25.4 Å². The minimum Gasteiger partial charge on any atom is -0.356 e. The highest BCUT2D eigenvalue weighted by molar-refractivity contribution is 5.75. The zero-order valence-corrected chi connectivity index (χ0v) is 8.85. The highest BCUT2D eigenvalue weighted by atomic mass is 16.2. The van der Waals surface area contributed by atoms with Crippen molar-refractivity contribution in [2.75, 3.05) is 13.6 Å². The van der Waals surface area contributed by atoms with Gasteiger partial charge in [-0.2, -0.15) is 0 Å². The summed E-state index contributed by atoms with van der Waals surface area (Å²) in [6, 6.07) is 0. The van der Waals surface area contributed by atoms with E-state index >= 15 is 0 Å². The van der Waals surface area contributed by atoms with Gasteiger partial charge in [-0.3, -0.25) is 15.0 Å². The summed E-state index contributed by atoms with van der Waals surface area (Å²) >= 11 is 0. The third kappa shape index (κ3) is 8.99. The topological polar surface area (TPSA) is 70.2 Å². The lowest BCUT2D eigenvalue weighted by Crippen LogP contribution is -2.33. The number of carbonyl (C=O) groups excluding carboxylic acids is 2. The Morgan fingerprint density at radius 2 is 1.86 bits per heavy atom. The van der Waals surface area contributed by atoms with Gasteiger partial charge in [0.25, 0.3) is 0 Å². The molecule has 0 bridgehead atoms. The van der Waals surface area contributed by atoms with E-state index in [1.165, 1.54) is 6.92 Å². The van der Waals surface area contributed by atoms with Crippen LogP contribution < -0.4 is 16.2 Å². The largest absolute Gasteiger partial charge is 0.356 e. The monoisotopic (exact) mass is 201 g/mol. The van der Waals surface area contributed by atoms with Crippen LogP contribution in [0.15, 0.2) is 0 Å². The Hall–Kier alpha value is -1.10. The molecule has 0 saturated carbocycles. The van der Waals surface area contributed by atoms with Crippen molar-refractivity contribution in [3.05, 3.63) is 0 Å². The predicted octanol–water partition coefficient (Wildman–Crippen LogP) is -0.0665. The summed E-state index contributed by atoms with van der Waals surface area (Å²) < 4.78 is 0. The lowest BCUT2D eigenvalue weighted by molar-refractivity contribution is -0.122. The van der Waals surface area contributed by atoms with E-state index in [-0.39, 0.29) is 11.8 Å². The van der Waals surface area contributed by atoms with Gasteiger partial charge in [-0.05, 0) is 12.8 Å². The van der Waals surface area contributed by atoms with Gasteiger partial charge in [0.2, 0.25) is 11.8 Å². The van der Waals surface area contributed by atoms with E-state index in [0.29, 0.717) is 13.0 Å². The van der Waals surface area contributed by atoms with Crippen LogP contribution >= 0.6 is 0 Å². The highest BCUT2D eigenvalue weighted by Gasteiger charge is 1.98. The van der Waals surface area contributed by atoms with Crippen LogP contribution in [-0.2, 0) is 9.59 Å². The van der Waals surface area contributed by atoms with Crippen molar-refractivity contribution in [3.63, 3.8) is 0 Å². The lowest BCUT2D eigenvalue weighted by Gasteiger charge is -2.03. The molecule has 0 aliphatic carbocycles. The van der Waals surface area contributed by atoms with E-state index in [0.717, 1.165) is 19.3 Å². The van der Waals surface area contributed by atoms with Crippen molar-refractivity contribution < 1.29 is 9.59 Å². The quantitative estimate of drug-likeness (QED) is 0.399. The summed E-state index contributed by atoms with van der Waals surface area (Å²) in [5.41, 5.74) is 5.07. The summed E-state index contributed by atoms with van der Waals surface area (Å²) in [6.45, 7) is 2.20. The zero-order chi connectivity index (χ0) is 10.8. The van der Waals surface area contributed by atoms with Crippen LogP contribution in [0.2, 0.25) is 0 Å². The van der Waals surface area contributed by atoms with Crippen molar-refractivity contribution in [1.29, 1.82) is 0 Å². The molecule has 0 aliphatic heterocycles. The Bertz CT molecular complexity index is 183. The molecule has 82 valence electrons. The first-order valence-corrected chi connectivity index (χ1v) is 4.87. The maximum Gasteiger partial charge on any atom is 0.234 e. The van der Waals surface area contributed by atoms with Crippen LogP contribution in [0.3, 0.4) is 0 Å². The van der Waals surface area contributed by atoms with E-state index in [1.807, 2.05) is 0 Å². The molecule has 0 rings (SSSR count). The number of nitrogens with one attached hydrogen (secondary N) is 3. The molecular weight excluding hydrogens is 182 g/mol. The fourth-order valence-electron chi connectivity index (χ4n) is 1.05. The Kier molecular flexibility index (Phi) is 7.83. The first-order valence-electron chi connectivity index (χ1n) is 4.87. The average Bonchev–Trinajstić information content (AvgIpc) is 2.11. The molecule has 0 aromatic carbocycles. The zero-order valence-electron chi connectivity index (χ0n) is 8.85. The third-order valence-corrected chi connectivity index (χ3v) is 1.72.